The molecule has 0 amide bonds. The molecule has 0 aliphatic carbocycles. The zero-order valence-electron chi connectivity index (χ0n) is 10.2. The summed E-state index contributed by atoms with van der Waals surface area (Å²) < 4.78 is 25.6. The van der Waals surface area contributed by atoms with Crippen LogP contribution in [0.2, 0.25) is 0 Å². The van der Waals surface area contributed by atoms with Crippen LogP contribution in [0.5, 0.6) is 5.75 Å². The number of anilines is 1. The number of nitrogens with one attached hydrogen (secondary N) is 1. The number of hydrogen-bond donors (Lipinski definition) is 3. The van der Waals surface area contributed by atoms with Gasteiger partial charge in [0.05, 0.1) is 5.69 Å². The summed E-state index contributed by atoms with van der Waals surface area (Å²) in [6, 6.07) is 6.59. The van der Waals surface area contributed by atoms with Gasteiger partial charge in [0.1, 0.15) is 17.2 Å². The van der Waals surface area contributed by atoms with Crippen molar-refractivity contribution in [1.29, 1.82) is 0 Å². The highest BCUT2D eigenvalue weighted by atomic mass is 32.2. The molecule has 7 nitrogen and oxygen atoms in total. The van der Waals surface area contributed by atoms with E-state index in [0.29, 0.717) is 0 Å². The molecule has 0 aliphatic rings. The van der Waals surface area contributed by atoms with Crippen LogP contribution in [0, 0.1) is 0 Å². The highest BCUT2D eigenvalue weighted by molar-refractivity contribution is 7.92. The summed E-state index contributed by atoms with van der Waals surface area (Å²) in [6.45, 7) is -0.710. The van der Waals surface area contributed by atoms with Gasteiger partial charge in [0.15, 0.2) is 0 Å². The van der Waals surface area contributed by atoms with Crippen LogP contribution in [0.1, 0.15) is 0 Å². The first-order valence-corrected chi connectivity index (χ1v) is 7.01. The second kappa shape index (κ2) is 5.25. The van der Waals surface area contributed by atoms with E-state index in [1.807, 2.05) is 0 Å². The van der Waals surface area contributed by atoms with Crippen LogP contribution < -0.4 is 4.31 Å². The van der Waals surface area contributed by atoms with Crippen molar-refractivity contribution in [3.05, 3.63) is 42.7 Å². The number of carboxylic acids is 1. The highest BCUT2D eigenvalue weighted by Crippen LogP contribution is 2.24. The Morgan fingerprint density at radius 2 is 1.85 bits per heavy atom. The Balaban J connectivity index is 2.48. The monoisotopic (exact) mass is 296 g/mol. The lowest BCUT2D eigenvalue weighted by Crippen LogP contribution is -2.35. The van der Waals surface area contributed by atoms with Crippen LogP contribution in [0.3, 0.4) is 0 Å². The zero-order chi connectivity index (χ0) is 14.8. The van der Waals surface area contributed by atoms with Crippen molar-refractivity contribution >= 4 is 21.7 Å². The number of aromatic hydroxyl groups is 1. The molecular weight excluding hydrogens is 284 g/mol. The predicted octanol–water partition coefficient (Wildman–Crippen LogP) is 1.00. The van der Waals surface area contributed by atoms with Crippen molar-refractivity contribution in [3.8, 4) is 5.75 Å². The molecule has 0 unspecified atom stereocenters. The molecule has 0 aliphatic heterocycles. The summed E-state index contributed by atoms with van der Waals surface area (Å²) in [5.41, 5.74) is 0.159. The molecule has 0 saturated heterocycles. The number of carbonyl (C=O) groups is 1. The van der Waals surface area contributed by atoms with Crippen molar-refractivity contribution < 1.29 is 23.4 Å². The first-order valence-electron chi connectivity index (χ1n) is 5.57. The lowest BCUT2D eigenvalue weighted by molar-refractivity contribution is -0.135. The number of sulfonamides is 1. The van der Waals surface area contributed by atoms with E-state index in [2.05, 4.69) is 4.98 Å². The van der Waals surface area contributed by atoms with Crippen molar-refractivity contribution in [2.75, 3.05) is 10.8 Å². The second-order valence-electron chi connectivity index (χ2n) is 3.97. The molecular formula is C12H12N2O5S. The molecule has 1 aromatic heterocycles. The molecule has 2 rings (SSSR count). The molecule has 0 bridgehead atoms. The molecule has 106 valence electrons. The molecule has 8 heteroatoms. The topological polar surface area (TPSA) is 111 Å². The Morgan fingerprint density at radius 3 is 2.35 bits per heavy atom. The number of aliphatic carboxylic acids is 1. The smallest absolute Gasteiger partial charge is 0.324 e. The van der Waals surface area contributed by atoms with Gasteiger partial charge in [0, 0.05) is 12.4 Å². The number of aromatic nitrogens is 1. The van der Waals surface area contributed by atoms with E-state index in [-0.39, 0.29) is 16.3 Å². The summed E-state index contributed by atoms with van der Waals surface area (Å²) in [4.78, 5) is 13.5. The van der Waals surface area contributed by atoms with E-state index < -0.39 is 22.5 Å². The summed E-state index contributed by atoms with van der Waals surface area (Å²) in [6.07, 6.45) is 2.70. The number of phenolic OH excluding ortho intramolecular Hbond substituents is 1. The molecule has 1 aromatic carbocycles. The number of H-pyrrole nitrogens is 1. The van der Waals surface area contributed by atoms with Crippen LogP contribution >= 0.6 is 0 Å². The van der Waals surface area contributed by atoms with E-state index in [1.54, 1.807) is 0 Å². The number of aromatic amines is 1. The minimum Gasteiger partial charge on any atom is -0.508 e. The third-order valence-electron chi connectivity index (χ3n) is 2.57. The Hall–Kier alpha value is -2.48. The molecule has 20 heavy (non-hydrogen) atoms. The van der Waals surface area contributed by atoms with Crippen LogP contribution in [-0.2, 0) is 14.8 Å². The van der Waals surface area contributed by atoms with Crippen molar-refractivity contribution in [1.82, 2.24) is 4.98 Å². The number of phenols is 1. The molecule has 1 heterocycles. The number of hydrogen-bond acceptors (Lipinski definition) is 4. The maximum absolute atomic E-state index is 12.4. The van der Waals surface area contributed by atoms with E-state index in [4.69, 9.17) is 5.11 Å². The first-order chi connectivity index (χ1) is 9.41. The third kappa shape index (κ3) is 2.75. The fourth-order valence-corrected chi connectivity index (χ4v) is 3.04. The molecule has 0 saturated carbocycles. The average Bonchev–Trinajstić information content (AvgIpc) is 2.91. The van der Waals surface area contributed by atoms with Gasteiger partial charge < -0.3 is 15.2 Å². The van der Waals surface area contributed by atoms with Gasteiger partial charge in [-0.15, -0.1) is 0 Å². The SMILES string of the molecule is O=C(O)CN(c1ccc(O)cc1)S(=O)(=O)c1cc[nH]c1. The van der Waals surface area contributed by atoms with Gasteiger partial charge in [-0.1, -0.05) is 0 Å². The lowest BCUT2D eigenvalue weighted by atomic mass is 10.3. The maximum atomic E-state index is 12.4. The van der Waals surface area contributed by atoms with E-state index >= 15 is 0 Å². The molecule has 3 N–H and O–H groups in total. The number of benzene rings is 1. The molecule has 0 fully saturated rings. The number of rotatable bonds is 5. The zero-order valence-corrected chi connectivity index (χ0v) is 11.0. The Bertz CT molecular complexity index is 692. The largest absolute Gasteiger partial charge is 0.508 e. The summed E-state index contributed by atoms with van der Waals surface area (Å²) in [7, 11) is -3.98. The van der Waals surface area contributed by atoms with Crippen molar-refractivity contribution in [2.45, 2.75) is 4.90 Å². The summed E-state index contributed by atoms with van der Waals surface area (Å²) in [5, 5.41) is 18.1. The Labute approximate surface area is 115 Å². The van der Waals surface area contributed by atoms with Gasteiger partial charge in [0.25, 0.3) is 10.0 Å². The Morgan fingerprint density at radius 1 is 1.20 bits per heavy atom. The summed E-state index contributed by atoms with van der Waals surface area (Å²) in [5.74, 6) is -1.32. The van der Waals surface area contributed by atoms with E-state index in [1.165, 1.54) is 42.7 Å². The van der Waals surface area contributed by atoms with Crippen molar-refractivity contribution in [3.63, 3.8) is 0 Å². The van der Waals surface area contributed by atoms with Gasteiger partial charge in [-0.2, -0.15) is 0 Å². The minimum atomic E-state index is -3.98. The van der Waals surface area contributed by atoms with Crippen LogP contribution in [0.15, 0.2) is 47.6 Å². The van der Waals surface area contributed by atoms with Gasteiger partial charge in [-0.25, -0.2) is 8.42 Å². The average molecular weight is 296 g/mol. The quantitative estimate of drug-likeness (QED) is 0.762. The standard InChI is InChI=1S/C12H12N2O5S/c15-10-3-1-9(2-4-10)14(8-12(16)17)20(18,19)11-5-6-13-7-11/h1-7,13,15H,8H2,(H,16,17). The highest BCUT2D eigenvalue weighted by Gasteiger charge is 2.27. The van der Waals surface area contributed by atoms with Crippen LogP contribution in [-0.4, -0.2) is 36.1 Å². The van der Waals surface area contributed by atoms with Crippen LogP contribution in [0.25, 0.3) is 0 Å². The fraction of sp³-hybridized carbons (Fsp3) is 0.0833. The normalized spacial score (nSPS) is 11.2. The molecule has 0 spiro atoms. The summed E-state index contributed by atoms with van der Waals surface area (Å²) >= 11 is 0. The third-order valence-corrected chi connectivity index (χ3v) is 4.34. The van der Waals surface area contributed by atoms with E-state index in [0.717, 1.165) is 4.31 Å². The van der Waals surface area contributed by atoms with Gasteiger partial charge in [0.2, 0.25) is 0 Å². The van der Waals surface area contributed by atoms with Crippen LogP contribution in [0.4, 0.5) is 5.69 Å². The van der Waals surface area contributed by atoms with Crippen molar-refractivity contribution in [2.24, 2.45) is 0 Å². The second-order valence-corrected chi connectivity index (χ2v) is 5.83. The first kappa shape index (κ1) is 13.9. The number of nitrogens with zero attached hydrogens (tertiary/aromatic N) is 1. The molecule has 2 aromatic rings. The van der Waals surface area contributed by atoms with Gasteiger partial charge in [-0.05, 0) is 30.3 Å². The maximum Gasteiger partial charge on any atom is 0.324 e. The minimum absolute atomic E-state index is 0.0353. The van der Waals surface area contributed by atoms with Gasteiger partial charge in [-0.3, -0.25) is 9.10 Å². The molecule has 0 atom stereocenters. The van der Waals surface area contributed by atoms with E-state index in [9.17, 15) is 18.3 Å². The lowest BCUT2D eigenvalue weighted by Gasteiger charge is -2.22. The van der Waals surface area contributed by atoms with Gasteiger partial charge >= 0.3 is 5.97 Å². The molecule has 0 radical (unpaired) electrons. The Kier molecular flexibility index (Phi) is 3.66. The predicted molar refractivity (Wildman–Crippen MR) is 71.1 cm³/mol. The fourth-order valence-electron chi connectivity index (χ4n) is 1.65. The number of carboxylic acid groups (broad SMARTS) is 1.